The molecule has 0 spiro atoms. The molecule has 4 heteroatoms. The minimum absolute atomic E-state index is 0.0236. The molecule has 1 fully saturated rings. The van der Waals surface area contributed by atoms with Gasteiger partial charge in [-0.25, -0.2) is 0 Å². The second-order valence-electron chi connectivity index (χ2n) is 5.44. The van der Waals surface area contributed by atoms with Gasteiger partial charge in [0, 0.05) is 30.9 Å². The topological polar surface area (TPSA) is 52.6 Å². The summed E-state index contributed by atoms with van der Waals surface area (Å²) in [6, 6.07) is 6.02. The number of nitrogens with zero attached hydrogens (tertiary/aromatic N) is 1. The number of amides is 1. The summed E-state index contributed by atoms with van der Waals surface area (Å²) < 4.78 is 0. The van der Waals surface area contributed by atoms with Crippen LogP contribution in [0.25, 0.3) is 0 Å². The van der Waals surface area contributed by atoms with Crippen molar-refractivity contribution in [2.24, 2.45) is 0 Å². The van der Waals surface area contributed by atoms with Gasteiger partial charge in [0.05, 0.1) is 6.61 Å². The van der Waals surface area contributed by atoms with Crippen LogP contribution in [0.15, 0.2) is 18.2 Å². The van der Waals surface area contributed by atoms with Crippen molar-refractivity contribution in [3.05, 3.63) is 29.3 Å². The minimum Gasteiger partial charge on any atom is -0.395 e. The number of rotatable bonds is 5. The Morgan fingerprint density at radius 3 is 2.65 bits per heavy atom. The first-order valence-corrected chi connectivity index (χ1v) is 7.37. The van der Waals surface area contributed by atoms with E-state index >= 15 is 0 Å². The molecule has 0 atom stereocenters. The SMILES string of the molecule is CNc1ccc(C(=O)N(CCO)C2CCCC2)cc1C. The van der Waals surface area contributed by atoms with E-state index < -0.39 is 0 Å². The molecular formula is C16H24N2O2. The molecule has 0 aromatic heterocycles. The van der Waals surface area contributed by atoms with Gasteiger partial charge in [-0.1, -0.05) is 12.8 Å². The fraction of sp³-hybridized carbons (Fsp3) is 0.562. The Labute approximate surface area is 120 Å². The standard InChI is InChI=1S/C16H24N2O2/c1-12-11-13(7-8-15(12)17-2)16(20)18(9-10-19)14-5-3-4-6-14/h7-8,11,14,17,19H,3-6,9-10H2,1-2H3. The Hall–Kier alpha value is -1.55. The lowest BCUT2D eigenvalue weighted by Gasteiger charge is -2.28. The monoisotopic (exact) mass is 276 g/mol. The van der Waals surface area contributed by atoms with Crippen LogP contribution in [0.5, 0.6) is 0 Å². The second kappa shape index (κ2) is 6.75. The molecule has 0 aliphatic heterocycles. The van der Waals surface area contributed by atoms with Crippen molar-refractivity contribution >= 4 is 11.6 Å². The summed E-state index contributed by atoms with van der Waals surface area (Å²) in [6.45, 7) is 2.45. The Kier molecular flexibility index (Phi) is 5.01. The normalized spacial score (nSPS) is 15.3. The minimum atomic E-state index is 0.0236. The Balaban J connectivity index is 2.20. The lowest BCUT2D eigenvalue weighted by atomic mass is 10.1. The van der Waals surface area contributed by atoms with Crippen LogP contribution in [0.3, 0.4) is 0 Å². The zero-order valence-corrected chi connectivity index (χ0v) is 12.4. The first kappa shape index (κ1) is 14.9. The van der Waals surface area contributed by atoms with Gasteiger partial charge in [-0.05, 0) is 43.5 Å². The molecule has 2 N–H and O–H groups in total. The largest absolute Gasteiger partial charge is 0.395 e. The number of aliphatic hydroxyl groups excluding tert-OH is 1. The van der Waals surface area contributed by atoms with E-state index in [1.54, 1.807) is 0 Å². The van der Waals surface area contributed by atoms with Gasteiger partial charge in [-0.2, -0.15) is 0 Å². The summed E-state index contributed by atoms with van der Waals surface area (Å²) in [5, 5.41) is 12.3. The van der Waals surface area contributed by atoms with Gasteiger partial charge in [0.25, 0.3) is 5.91 Å². The quantitative estimate of drug-likeness (QED) is 0.868. The van der Waals surface area contributed by atoms with Crippen LogP contribution in [0.2, 0.25) is 0 Å². The lowest BCUT2D eigenvalue weighted by Crippen LogP contribution is -2.40. The number of benzene rings is 1. The Bertz CT molecular complexity index is 468. The zero-order chi connectivity index (χ0) is 14.5. The maximum absolute atomic E-state index is 12.7. The van der Waals surface area contributed by atoms with Crippen molar-refractivity contribution in [2.45, 2.75) is 38.6 Å². The van der Waals surface area contributed by atoms with E-state index in [2.05, 4.69) is 5.32 Å². The summed E-state index contributed by atoms with van der Waals surface area (Å²) in [4.78, 5) is 14.5. The fourth-order valence-electron chi connectivity index (χ4n) is 3.02. The highest BCUT2D eigenvalue weighted by Gasteiger charge is 2.27. The van der Waals surface area contributed by atoms with Gasteiger partial charge in [0.2, 0.25) is 0 Å². The highest BCUT2D eigenvalue weighted by Crippen LogP contribution is 2.25. The molecule has 0 heterocycles. The van der Waals surface area contributed by atoms with E-state index in [1.165, 1.54) is 12.8 Å². The van der Waals surface area contributed by atoms with E-state index in [-0.39, 0.29) is 12.5 Å². The average molecular weight is 276 g/mol. The molecule has 1 aliphatic rings. The molecule has 2 rings (SSSR count). The smallest absolute Gasteiger partial charge is 0.254 e. The Morgan fingerprint density at radius 2 is 2.10 bits per heavy atom. The summed E-state index contributed by atoms with van der Waals surface area (Å²) in [5.41, 5.74) is 2.81. The maximum atomic E-state index is 12.7. The molecule has 1 amide bonds. The van der Waals surface area contributed by atoms with Crippen molar-refractivity contribution in [1.29, 1.82) is 0 Å². The highest BCUT2D eigenvalue weighted by molar-refractivity contribution is 5.95. The molecule has 1 saturated carbocycles. The molecule has 110 valence electrons. The van der Waals surface area contributed by atoms with Gasteiger partial charge in [-0.15, -0.1) is 0 Å². The average Bonchev–Trinajstić information content (AvgIpc) is 2.97. The third-order valence-electron chi connectivity index (χ3n) is 4.11. The molecule has 0 saturated heterocycles. The number of anilines is 1. The summed E-state index contributed by atoms with van der Waals surface area (Å²) in [7, 11) is 1.88. The molecule has 1 aliphatic carbocycles. The fourth-order valence-corrected chi connectivity index (χ4v) is 3.02. The number of carbonyl (C=O) groups excluding carboxylic acids is 1. The maximum Gasteiger partial charge on any atom is 0.254 e. The molecule has 0 unspecified atom stereocenters. The van der Waals surface area contributed by atoms with Crippen molar-refractivity contribution in [2.75, 3.05) is 25.5 Å². The molecular weight excluding hydrogens is 252 g/mol. The molecule has 0 radical (unpaired) electrons. The summed E-state index contributed by atoms with van der Waals surface area (Å²) >= 11 is 0. The number of hydrogen-bond donors (Lipinski definition) is 2. The van der Waals surface area contributed by atoms with Crippen LogP contribution in [-0.4, -0.2) is 42.2 Å². The zero-order valence-electron chi connectivity index (χ0n) is 12.4. The van der Waals surface area contributed by atoms with Crippen LogP contribution in [0, 0.1) is 6.92 Å². The third-order valence-corrected chi connectivity index (χ3v) is 4.11. The summed E-state index contributed by atoms with van der Waals surface area (Å²) in [5.74, 6) is 0.0386. The van der Waals surface area contributed by atoms with Crippen LogP contribution >= 0.6 is 0 Å². The molecule has 0 bridgehead atoms. The van der Waals surface area contributed by atoms with E-state index in [0.717, 1.165) is 24.1 Å². The molecule has 4 nitrogen and oxygen atoms in total. The first-order valence-electron chi connectivity index (χ1n) is 7.37. The van der Waals surface area contributed by atoms with Crippen LogP contribution < -0.4 is 5.32 Å². The number of aryl methyl sites for hydroxylation is 1. The van der Waals surface area contributed by atoms with Crippen molar-refractivity contribution in [3.8, 4) is 0 Å². The number of hydrogen-bond acceptors (Lipinski definition) is 3. The van der Waals surface area contributed by atoms with Gasteiger partial charge in [0.1, 0.15) is 0 Å². The van der Waals surface area contributed by atoms with Gasteiger partial charge < -0.3 is 15.3 Å². The lowest BCUT2D eigenvalue weighted by molar-refractivity contribution is 0.0638. The Morgan fingerprint density at radius 1 is 1.40 bits per heavy atom. The van der Waals surface area contributed by atoms with Gasteiger partial charge in [-0.3, -0.25) is 4.79 Å². The number of carbonyl (C=O) groups is 1. The third kappa shape index (κ3) is 3.12. The molecule has 20 heavy (non-hydrogen) atoms. The van der Waals surface area contributed by atoms with Crippen LogP contribution in [-0.2, 0) is 0 Å². The van der Waals surface area contributed by atoms with Crippen LogP contribution in [0.4, 0.5) is 5.69 Å². The number of aliphatic hydroxyl groups is 1. The summed E-state index contributed by atoms with van der Waals surface area (Å²) in [6.07, 6.45) is 4.47. The number of nitrogens with one attached hydrogen (secondary N) is 1. The van der Waals surface area contributed by atoms with E-state index in [4.69, 9.17) is 0 Å². The van der Waals surface area contributed by atoms with Crippen molar-refractivity contribution in [3.63, 3.8) is 0 Å². The second-order valence-corrected chi connectivity index (χ2v) is 5.44. The van der Waals surface area contributed by atoms with Crippen LogP contribution in [0.1, 0.15) is 41.6 Å². The first-order chi connectivity index (χ1) is 9.67. The van der Waals surface area contributed by atoms with E-state index in [0.29, 0.717) is 18.2 Å². The van der Waals surface area contributed by atoms with Crippen molar-refractivity contribution in [1.82, 2.24) is 4.90 Å². The predicted molar refractivity (Wildman–Crippen MR) is 81.1 cm³/mol. The van der Waals surface area contributed by atoms with E-state index in [9.17, 15) is 9.90 Å². The van der Waals surface area contributed by atoms with Gasteiger partial charge >= 0.3 is 0 Å². The van der Waals surface area contributed by atoms with E-state index in [1.807, 2.05) is 37.1 Å². The molecule has 1 aromatic carbocycles. The predicted octanol–water partition coefficient (Wildman–Crippen LogP) is 2.41. The van der Waals surface area contributed by atoms with Crippen molar-refractivity contribution < 1.29 is 9.90 Å². The van der Waals surface area contributed by atoms with Gasteiger partial charge in [0.15, 0.2) is 0 Å². The highest BCUT2D eigenvalue weighted by atomic mass is 16.3. The molecule has 1 aromatic rings.